The molecule has 2 amide bonds. The van der Waals surface area contributed by atoms with Crippen LogP contribution in [0.25, 0.3) is 6.08 Å². The van der Waals surface area contributed by atoms with Gasteiger partial charge in [0.15, 0.2) is 5.76 Å². The van der Waals surface area contributed by atoms with Crippen LogP contribution in [0.2, 0.25) is 0 Å². The molecule has 0 fully saturated rings. The van der Waals surface area contributed by atoms with Crippen LogP contribution in [-0.4, -0.2) is 28.7 Å². The van der Waals surface area contributed by atoms with E-state index in [1.165, 1.54) is 42.7 Å². The molecule has 192 valence electrons. The summed E-state index contributed by atoms with van der Waals surface area (Å²) < 4.78 is 10.5. The van der Waals surface area contributed by atoms with Crippen LogP contribution in [0.1, 0.15) is 41.9 Å². The Bertz CT molecular complexity index is 1270. The molecule has 2 N–H and O–H groups in total. The van der Waals surface area contributed by atoms with Crippen molar-refractivity contribution in [2.24, 2.45) is 5.92 Å². The molecular weight excluding hydrogens is 478 g/mol. The first-order chi connectivity index (χ1) is 17.7. The molecule has 0 bridgehead atoms. The lowest BCUT2D eigenvalue weighted by Crippen LogP contribution is -2.45. The summed E-state index contributed by atoms with van der Waals surface area (Å²) in [6.07, 6.45) is 2.88. The number of esters is 1. The Hall–Kier alpha value is -4.73. The molecule has 10 nitrogen and oxygen atoms in total. The van der Waals surface area contributed by atoms with Crippen molar-refractivity contribution in [1.82, 2.24) is 10.6 Å². The van der Waals surface area contributed by atoms with E-state index in [1.807, 2.05) is 44.2 Å². The highest BCUT2D eigenvalue weighted by atomic mass is 16.6. The Balaban J connectivity index is 1.84. The average Bonchev–Trinajstić information content (AvgIpc) is 3.42. The number of non-ortho nitro benzene ring substituents is 1. The van der Waals surface area contributed by atoms with Crippen molar-refractivity contribution in [3.8, 4) is 0 Å². The molecule has 0 saturated heterocycles. The number of nitro groups is 1. The van der Waals surface area contributed by atoms with E-state index in [2.05, 4.69) is 10.6 Å². The lowest BCUT2D eigenvalue weighted by atomic mass is 10.0. The number of carbonyl (C=O) groups is 3. The van der Waals surface area contributed by atoms with Crippen LogP contribution in [-0.2, 0) is 20.9 Å². The van der Waals surface area contributed by atoms with Gasteiger partial charge in [-0.2, -0.15) is 0 Å². The standard InChI is InChI=1S/C27H27N3O7/c1-18(2)14-23(27(33)37-17-19-8-4-3-5-9-19)29-25(31)22(28-26(32)24-12-7-13-36-24)16-20-10-6-11-21(15-20)30(34)35/h3-13,15-16,18,23H,14,17H2,1-2H3,(H,28,32)(H,29,31)/b22-16-/t23-/m0/s1. The van der Waals surface area contributed by atoms with Crippen molar-refractivity contribution in [2.45, 2.75) is 32.9 Å². The molecule has 10 heteroatoms. The monoisotopic (exact) mass is 505 g/mol. The Kier molecular flexibility index (Phi) is 9.31. The number of hydrogen-bond donors (Lipinski definition) is 2. The lowest BCUT2D eigenvalue weighted by Gasteiger charge is -2.20. The number of ether oxygens (including phenoxy) is 1. The van der Waals surface area contributed by atoms with Crippen molar-refractivity contribution >= 4 is 29.5 Å². The quantitative estimate of drug-likeness (QED) is 0.172. The maximum atomic E-state index is 13.3. The molecule has 1 atom stereocenters. The SMILES string of the molecule is CC(C)C[C@H](NC(=O)/C(=C/c1cccc([N+](=O)[O-])c1)NC(=O)c1ccco1)C(=O)OCc1ccccc1. The molecule has 3 rings (SSSR count). The molecule has 2 aromatic carbocycles. The minimum absolute atomic E-state index is 0.0374. The van der Waals surface area contributed by atoms with Crippen LogP contribution in [0, 0.1) is 16.0 Å². The summed E-state index contributed by atoms with van der Waals surface area (Å²) in [6.45, 7) is 3.82. The van der Waals surface area contributed by atoms with Gasteiger partial charge < -0.3 is 19.8 Å². The third-order valence-electron chi connectivity index (χ3n) is 5.15. The van der Waals surface area contributed by atoms with Crippen LogP contribution >= 0.6 is 0 Å². The number of benzene rings is 2. The van der Waals surface area contributed by atoms with Gasteiger partial charge in [0.1, 0.15) is 18.3 Å². The molecule has 1 aromatic heterocycles. The van der Waals surface area contributed by atoms with E-state index >= 15 is 0 Å². The number of nitrogens with zero attached hydrogens (tertiary/aromatic N) is 1. The van der Waals surface area contributed by atoms with Crippen molar-refractivity contribution < 1.29 is 28.5 Å². The number of nitrogens with one attached hydrogen (secondary N) is 2. The smallest absolute Gasteiger partial charge is 0.328 e. The molecule has 0 saturated carbocycles. The number of amides is 2. The minimum atomic E-state index is -0.995. The first-order valence-electron chi connectivity index (χ1n) is 11.6. The first-order valence-corrected chi connectivity index (χ1v) is 11.6. The third kappa shape index (κ3) is 8.17. The summed E-state index contributed by atoms with van der Waals surface area (Å²) in [5.41, 5.74) is 0.674. The van der Waals surface area contributed by atoms with Gasteiger partial charge in [0, 0.05) is 12.1 Å². The number of nitro benzene ring substituents is 1. The highest BCUT2D eigenvalue weighted by Crippen LogP contribution is 2.16. The number of rotatable bonds is 11. The largest absolute Gasteiger partial charge is 0.459 e. The van der Waals surface area contributed by atoms with E-state index in [-0.39, 0.29) is 36.1 Å². The fourth-order valence-corrected chi connectivity index (χ4v) is 3.40. The van der Waals surface area contributed by atoms with Crippen LogP contribution in [0.15, 0.2) is 83.1 Å². The molecule has 0 spiro atoms. The van der Waals surface area contributed by atoms with Gasteiger partial charge in [-0.3, -0.25) is 19.7 Å². The Morgan fingerprint density at radius 2 is 1.81 bits per heavy atom. The zero-order valence-electron chi connectivity index (χ0n) is 20.4. The fourth-order valence-electron chi connectivity index (χ4n) is 3.40. The molecule has 0 aliphatic rings. The van der Waals surface area contributed by atoms with E-state index in [9.17, 15) is 24.5 Å². The first kappa shape index (κ1) is 26.9. The van der Waals surface area contributed by atoms with Crippen molar-refractivity contribution in [1.29, 1.82) is 0 Å². The van der Waals surface area contributed by atoms with Gasteiger partial charge in [0.05, 0.1) is 11.2 Å². The maximum absolute atomic E-state index is 13.3. The van der Waals surface area contributed by atoms with E-state index in [4.69, 9.17) is 9.15 Å². The van der Waals surface area contributed by atoms with Gasteiger partial charge in [-0.15, -0.1) is 0 Å². The second-order valence-corrected chi connectivity index (χ2v) is 8.59. The summed E-state index contributed by atoms with van der Waals surface area (Å²) in [6, 6.07) is 16.6. The number of furan rings is 1. The molecule has 3 aromatic rings. The second kappa shape index (κ2) is 12.8. The maximum Gasteiger partial charge on any atom is 0.328 e. The molecular formula is C27H27N3O7. The van der Waals surface area contributed by atoms with E-state index in [0.717, 1.165) is 5.56 Å². The summed E-state index contributed by atoms with van der Waals surface area (Å²) in [5, 5.41) is 16.3. The Labute approximate surface area is 213 Å². The molecule has 37 heavy (non-hydrogen) atoms. The zero-order chi connectivity index (χ0) is 26.8. The van der Waals surface area contributed by atoms with Gasteiger partial charge in [0.2, 0.25) is 0 Å². The van der Waals surface area contributed by atoms with E-state index < -0.39 is 28.7 Å². The summed E-state index contributed by atoms with van der Waals surface area (Å²) in [7, 11) is 0. The number of hydrogen-bond acceptors (Lipinski definition) is 7. The van der Waals surface area contributed by atoms with Gasteiger partial charge >= 0.3 is 5.97 Å². The van der Waals surface area contributed by atoms with Crippen molar-refractivity contribution in [3.63, 3.8) is 0 Å². The van der Waals surface area contributed by atoms with Crippen LogP contribution < -0.4 is 10.6 Å². The minimum Gasteiger partial charge on any atom is -0.459 e. The average molecular weight is 506 g/mol. The third-order valence-corrected chi connectivity index (χ3v) is 5.15. The predicted octanol–water partition coefficient (Wildman–Crippen LogP) is 4.23. The molecule has 0 radical (unpaired) electrons. The molecule has 0 unspecified atom stereocenters. The van der Waals surface area contributed by atoms with Gasteiger partial charge in [-0.05, 0) is 41.7 Å². The Morgan fingerprint density at radius 3 is 2.46 bits per heavy atom. The van der Waals surface area contributed by atoms with Gasteiger partial charge in [0.25, 0.3) is 17.5 Å². The molecule has 0 aliphatic heterocycles. The fraction of sp³-hybridized carbons (Fsp3) is 0.222. The van der Waals surface area contributed by atoms with Crippen molar-refractivity contribution in [2.75, 3.05) is 0 Å². The Morgan fingerprint density at radius 1 is 1.05 bits per heavy atom. The molecule has 1 heterocycles. The van der Waals surface area contributed by atoms with E-state index in [0.29, 0.717) is 5.56 Å². The predicted molar refractivity (Wildman–Crippen MR) is 135 cm³/mol. The van der Waals surface area contributed by atoms with Crippen LogP contribution in [0.3, 0.4) is 0 Å². The highest BCUT2D eigenvalue weighted by Gasteiger charge is 2.26. The summed E-state index contributed by atoms with van der Waals surface area (Å²) in [5.74, 6) is -2.11. The van der Waals surface area contributed by atoms with Gasteiger partial charge in [-0.25, -0.2) is 4.79 Å². The highest BCUT2D eigenvalue weighted by molar-refractivity contribution is 6.05. The van der Waals surface area contributed by atoms with Crippen molar-refractivity contribution in [3.05, 3.63) is 106 Å². The lowest BCUT2D eigenvalue weighted by molar-refractivity contribution is -0.384. The van der Waals surface area contributed by atoms with Crippen LogP contribution in [0.4, 0.5) is 5.69 Å². The zero-order valence-corrected chi connectivity index (χ0v) is 20.4. The molecule has 0 aliphatic carbocycles. The topological polar surface area (TPSA) is 141 Å². The number of carbonyl (C=O) groups excluding carboxylic acids is 3. The second-order valence-electron chi connectivity index (χ2n) is 8.59. The normalized spacial score (nSPS) is 12.0. The summed E-state index contributed by atoms with van der Waals surface area (Å²) >= 11 is 0. The van der Waals surface area contributed by atoms with Crippen LogP contribution in [0.5, 0.6) is 0 Å². The van der Waals surface area contributed by atoms with E-state index in [1.54, 1.807) is 6.07 Å². The summed E-state index contributed by atoms with van der Waals surface area (Å²) in [4.78, 5) is 49.4. The van der Waals surface area contributed by atoms with Gasteiger partial charge in [-0.1, -0.05) is 56.3 Å².